The number of thiophene rings is 1. The van der Waals surface area contributed by atoms with Gasteiger partial charge in [0.2, 0.25) is 0 Å². The maximum Gasteiger partial charge on any atom is 0.185 e. The first-order chi connectivity index (χ1) is 10.9. The SMILES string of the molecule is CS(=O)(=O)c1sc(-n2ccc3ccccc32)c2c1[C@H](O)[C@@H](F)C2. The number of rotatable bonds is 2. The monoisotopic (exact) mass is 351 g/mol. The number of halogens is 1. The van der Waals surface area contributed by atoms with E-state index in [2.05, 4.69) is 0 Å². The Morgan fingerprint density at radius 2 is 2.04 bits per heavy atom. The third-order valence-electron chi connectivity index (χ3n) is 4.19. The van der Waals surface area contributed by atoms with Crippen LogP contribution in [0.25, 0.3) is 15.9 Å². The van der Waals surface area contributed by atoms with E-state index in [0.29, 0.717) is 10.6 Å². The summed E-state index contributed by atoms with van der Waals surface area (Å²) in [6, 6.07) is 9.65. The number of aliphatic hydroxyl groups is 1. The fraction of sp³-hybridized carbons (Fsp3) is 0.250. The minimum atomic E-state index is -3.53. The predicted octanol–water partition coefficient (Wildman–Crippen LogP) is 3.02. The summed E-state index contributed by atoms with van der Waals surface area (Å²) in [5, 5.41) is 11.8. The van der Waals surface area contributed by atoms with Crippen LogP contribution in [-0.2, 0) is 16.3 Å². The van der Waals surface area contributed by atoms with E-state index in [1.807, 2.05) is 41.1 Å². The Bertz CT molecular complexity index is 1020. The van der Waals surface area contributed by atoms with Crippen molar-refractivity contribution in [3.63, 3.8) is 0 Å². The molecule has 1 N–H and O–H groups in total. The van der Waals surface area contributed by atoms with Gasteiger partial charge in [0.25, 0.3) is 0 Å². The van der Waals surface area contributed by atoms with Crippen LogP contribution in [0, 0.1) is 0 Å². The second-order valence-electron chi connectivity index (χ2n) is 5.77. The molecule has 1 aliphatic rings. The summed E-state index contributed by atoms with van der Waals surface area (Å²) in [4.78, 5) is 0. The summed E-state index contributed by atoms with van der Waals surface area (Å²) < 4.78 is 40.1. The largest absolute Gasteiger partial charge is 0.385 e. The third kappa shape index (κ3) is 2.14. The molecule has 2 heterocycles. The standard InChI is InChI=1S/C16H14FNO3S2/c1-23(20,21)16-13-10(8-11(17)14(13)19)15(22-16)18-7-6-9-4-2-3-5-12(9)18/h2-7,11,14,19H,8H2,1H3/t11-,14+/m0/s1. The molecule has 0 saturated carbocycles. The Morgan fingerprint density at radius 1 is 1.30 bits per heavy atom. The molecule has 0 bridgehead atoms. The third-order valence-corrected chi connectivity index (χ3v) is 7.28. The van der Waals surface area contributed by atoms with Gasteiger partial charge < -0.3 is 9.67 Å². The summed E-state index contributed by atoms with van der Waals surface area (Å²) in [5.41, 5.74) is 1.75. The number of benzene rings is 1. The molecule has 1 aromatic carbocycles. The van der Waals surface area contributed by atoms with E-state index < -0.39 is 22.1 Å². The number of hydrogen-bond donors (Lipinski definition) is 1. The zero-order valence-corrected chi connectivity index (χ0v) is 13.9. The van der Waals surface area contributed by atoms with Crippen molar-refractivity contribution < 1.29 is 17.9 Å². The van der Waals surface area contributed by atoms with Gasteiger partial charge in [0.05, 0.1) is 5.52 Å². The van der Waals surface area contributed by atoms with Gasteiger partial charge in [0.15, 0.2) is 9.84 Å². The second kappa shape index (κ2) is 4.90. The van der Waals surface area contributed by atoms with Gasteiger partial charge in [-0.2, -0.15) is 0 Å². The maximum absolute atomic E-state index is 14.0. The number of fused-ring (bicyclic) bond motifs is 2. The van der Waals surface area contributed by atoms with E-state index in [9.17, 15) is 17.9 Å². The van der Waals surface area contributed by atoms with Crippen molar-refractivity contribution in [3.8, 4) is 5.00 Å². The lowest BCUT2D eigenvalue weighted by atomic mass is 10.2. The lowest BCUT2D eigenvalue weighted by molar-refractivity contribution is 0.0910. The molecule has 0 fully saturated rings. The van der Waals surface area contributed by atoms with Crippen molar-refractivity contribution in [3.05, 3.63) is 47.7 Å². The first-order valence-electron chi connectivity index (χ1n) is 7.12. The van der Waals surface area contributed by atoms with Crippen LogP contribution in [-0.4, -0.2) is 30.5 Å². The quantitative estimate of drug-likeness (QED) is 0.772. The van der Waals surface area contributed by atoms with Gasteiger partial charge in [-0.3, -0.25) is 0 Å². The van der Waals surface area contributed by atoms with Crippen LogP contribution in [0.4, 0.5) is 4.39 Å². The zero-order valence-electron chi connectivity index (χ0n) is 12.2. The van der Waals surface area contributed by atoms with E-state index in [1.54, 1.807) is 0 Å². The van der Waals surface area contributed by atoms with Crippen molar-refractivity contribution in [2.24, 2.45) is 0 Å². The number of nitrogens with zero attached hydrogens (tertiary/aromatic N) is 1. The summed E-state index contributed by atoms with van der Waals surface area (Å²) >= 11 is 1.10. The molecule has 0 amide bonds. The topological polar surface area (TPSA) is 59.3 Å². The minimum Gasteiger partial charge on any atom is -0.385 e. The molecule has 2 atom stereocenters. The fourth-order valence-electron chi connectivity index (χ4n) is 3.16. The summed E-state index contributed by atoms with van der Waals surface area (Å²) in [5.74, 6) is 0. The Kier molecular flexibility index (Phi) is 3.16. The number of sulfone groups is 1. The molecule has 4 nitrogen and oxygen atoms in total. The molecule has 23 heavy (non-hydrogen) atoms. The van der Waals surface area contributed by atoms with Crippen LogP contribution in [0.3, 0.4) is 0 Å². The second-order valence-corrected chi connectivity index (χ2v) is 8.98. The van der Waals surface area contributed by atoms with Crippen LogP contribution in [0.5, 0.6) is 0 Å². The van der Waals surface area contributed by atoms with E-state index >= 15 is 0 Å². The average Bonchev–Trinajstić information content (AvgIpc) is 3.13. The van der Waals surface area contributed by atoms with Crippen molar-refractivity contribution in [1.29, 1.82) is 0 Å². The molecule has 3 aromatic rings. The summed E-state index contributed by atoms with van der Waals surface area (Å²) in [6.45, 7) is 0. The van der Waals surface area contributed by atoms with Gasteiger partial charge in [0.1, 0.15) is 21.5 Å². The minimum absolute atomic E-state index is 0.0321. The van der Waals surface area contributed by atoms with Crippen LogP contribution in [0.2, 0.25) is 0 Å². The molecule has 4 rings (SSSR count). The first kappa shape index (κ1) is 14.9. The van der Waals surface area contributed by atoms with E-state index in [1.165, 1.54) is 0 Å². The maximum atomic E-state index is 14.0. The van der Waals surface area contributed by atoms with Gasteiger partial charge in [-0.05, 0) is 23.1 Å². The number of aliphatic hydroxyl groups excluding tert-OH is 1. The van der Waals surface area contributed by atoms with Crippen molar-refractivity contribution >= 4 is 32.1 Å². The van der Waals surface area contributed by atoms with Crippen LogP contribution >= 0.6 is 11.3 Å². The van der Waals surface area contributed by atoms with Crippen LogP contribution in [0.1, 0.15) is 17.2 Å². The highest BCUT2D eigenvalue weighted by molar-refractivity contribution is 7.92. The molecule has 0 spiro atoms. The van der Waals surface area contributed by atoms with E-state index in [4.69, 9.17) is 0 Å². The van der Waals surface area contributed by atoms with E-state index in [0.717, 1.165) is 28.5 Å². The van der Waals surface area contributed by atoms with Gasteiger partial charge >= 0.3 is 0 Å². The van der Waals surface area contributed by atoms with Gasteiger partial charge in [-0.1, -0.05) is 18.2 Å². The molecule has 1 aliphatic carbocycles. The number of para-hydroxylation sites is 1. The van der Waals surface area contributed by atoms with Crippen molar-refractivity contribution in [2.45, 2.75) is 22.9 Å². The summed E-state index contributed by atoms with van der Waals surface area (Å²) in [7, 11) is -3.53. The zero-order chi connectivity index (χ0) is 16.4. The Labute approximate surface area is 136 Å². The Balaban J connectivity index is 2.03. The lowest BCUT2D eigenvalue weighted by Gasteiger charge is -2.07. The molecule has 7 heteroatoms. The highest BCUT2D eigenvalue weighted by Gasteiger charge is 2.40. The average molecular weight is 351 g/mol. The molecular weight excluding hydrogens is 337 g/mol. The highest BCUT2D eigenvalue weighted by Crippen LogP contribution is 2.46. The first-order valence-corrected chi connectivity index (χ1v) is 9.83. The smallest absolute Gasteiger partial charge is 0.185 e. The van der Waals surface area contributed by atoms with Gasteiger partial charge in [-0.15, -0.1) is 11.3 Å². The predicted molar refractivity (Wildman–Crippen MR) is 87.8 cm³/mol. The van der Waals surface area contributed by atoms with Crippen molar-refractivity contribution in [2.75, 3.05) is 6.26 Å². The molecule has 2 aromatic heterocycles. The summed E-state index contributed by atoms with van der Waals surface area (Å²) in [6.07, 6.45) is 0.135. The fourth-order valence-corrected chi connectivity index (χ4v) is 5.75. The van der Waals surface area contributed by atoms with E-state index in [-0.39, 0.29) is 16.2 Å². The van der Waals surface area contributed by atoms with Gasteiger partial charge in [-0.25, -0.2) is 12.8 Å². The highest BCUT2D eigenvalue weighted by atomic mass is 32.2. The molecule has 0 saturated heterocycles. The Hall–Kier alpha value is -1.70. The lowest BCUT2D eigenvalue weighted by Crippen LogP contribution is -2.09. The Morgan fingerprint density at radius 3 is 2.78 bits per heavy atom. The van der Waals surface area contributed by atoms with Gasteiger partial charge in [0, 0.05) is 24.4 Å². The van der Waals surface area contributed by atoms with Crippen LogP contribution < -0.4 is 0 Å². The van der Waals surface area contributed by atoms with Crippen LogP contribution in [0.15, 0.2) is 40.7 Å². The van der Waals surface area contributed by atoms with Crippen molar-refractivity contribution in [1.82, 2.24) is 4.57 Å². The number of alkyl halides is 1. The molecule has 0 radical (unpaired) electrons. The number of hydrogen-bond acceptors (Lipinski definition) is 4. The molecule has 0 unspecified atom stereocenters. The molecule has 0 aliphatic heterocycles. The molecule has 120 valence electrons. The number of aromatic nitrogens is 1. The molecular formula is C16H14FNO3S2. The normalized spacial score (nSPS) is 21.0.